The smallest absolute Gasteiger partial charge is 0.309 e. The van der Waals surface area contributed by atoms with Crippen molar-refractivity contribution >= 4 is 27.3 Å². The van der Waals surface area contributed by atoms with E-state index in [1.807, 2.05) is 18.4 Å². The maximum absolute atomic E-state index is 13.4. The second-order valence-electron chi connectivity index (χ2n) is 5.66. The predicted octanol–water partition coefficient (Wildman–Crippen LogP) is 5.92. The largest absolute Gasteiger partial charge is 0.392 e. The van der Waals surface area contributed by atoms with Crippen molar-refractivity contribution in [1.29, 1.82) is 0 Å². The highest BCUT2D eigenvalue weighted by Gasteiger charge is 2.48. The van der Waals surface area contributed by atoms with E-state index in [-0.39, 0.29) is 18.4 Å². The van der Waals surface area contributed by atoms with E-state index in [1.54, 1.807) is 0 Å². The van der Waals surface area contributed by atoms with Gasteiger partial charge < -0.3 is 5.32 Å². The van der Waals surface area contributed by atoms with E-state index in [0.29, 0.717) is 12.8 Å². The van der Waals surface area contributed by atoms with Gasteiger partial charge in [0.2, 0.25) is 0 Å². The molecule has 2 rings (SSSR count). The summed E-state index contributed by atoms with van der Waals surface area (Å²) in [5, 5.41) is 5.30. The molecule has 21 heavy (non-hydrogen) atoms. The highest BCUT2D eigenvalue weighted by atomic mass is 79.9. The van der Waals surface area contributed by atoms with Crippen molar-refractivity contribution in [2.45, 2.75) is 51.2 Å². The van der Waals surface area contributed by atoms with Gasteiger partial charge in [0.1, 0.15) is 0 Å². The summed E-state index contributed by atoms with van der Waals surface area (Å²) in [5.41, 5.74) is 0. The maximum Gasteiger partial charge on any atom is 0.392 e. The van der Waals surface area contributed by atoms with Crippen LogP contribution in [0.15, 0.2) is 15.9 Å². The Morgan fingerprint density at radius 1 is 1.38 bits per heavy atom. The van der Waals surface area contributed by atoms with Gasteiger partial charge >= 0.3 is 6.18 Å². The molecule has 1 N–H and O–H groups in total. The lowest BCUT2D eigenvalue weighted by Gasteiger charge is -2.38. The van der Waals surface area contributed by atoms with Gasteiger partial charge in [-0.1, -0.05) is 19.8 Å². The zero-order valence-electron chi connectivity index (χ0n) is 12.0. The molecule has 0 aromatic carbocycles. The molecule has 3 atom stereocenters. The summed E-state index contributed by atoms with van der Waals surface area (Å²) in [4.78, 5) is 1.00. The van der Waals surface area contributed by atoms with Crippen LogP contribution in [-0.2, 0) is 0 Å². The molecule has 1 nitrogen and oxygen atoms in total. The van der Waals surface area contributed by atoms with E-state index in [2.05, 4.69) is 21.2 Å². The van der Waals surface area contributed by atoms with Crippen LogP contribution >= 0.6 is 27.3 Å². The fourth-order valence-corrected chi connectivity index (χ4v) is 5.00. The molecule has 1 heterocycles. The van der Waals surface area contributed by atoms with Crippen molar-refractivity contribution < 1.29 is 13.2 Å². The molecule has 1 fully saturated rings. The third kappa shape index (κ3) is 4.23. The molecular weight excluding hydrogens is 363 g/mol. The summed E-state index contributed by atoms with van der Waals surface area (Å²) in [7, 11) is 0. The van der Waals surface area contributed by atoms with E-state index >= 15 is 0 Å². The van der Waals surface area contributed by atoms with Crippen molar-refractivity contribution in [1.82, 2.24) is 5.32 Å². The average molecular weight is 384 g/mol. The molecule has 0 aliphatic heterocycles. The Kier molecular flexibility index (Phi) is 6.15. The van der Waals surface area contributed by atoms with E-state index in [9.17, 15) is 13.2 Å². The normalized spacial score (nSPS) is 25.0. The molecule has 1 aromatic rings. The number of alkyl halides is 3. The molecule has 6 heteroatoms. The fourth-order valence-electron chi connectivity index (χ4n) is 3.23. The van der Waals surface area contributed by atoms with E-state index in [0.717, 1.165) is 28.7 Å². The molecular formula is C15H21BrF3NS. The van der Waals surface area contributed by atoms with Crippen LogP contribution in [0.25, 0.3) is 0 Å². The Morgan fingerprint density at radius 2 is 2.10 bits per heavy atom. The summed E-state index contributed by atoms with van der Waals surface area (Å²) in [6.45, 7) is 2.78. The van der Waals surface area contributed by atoms with Crippen LogP contribution in [0.3, 0.4) is 0 Å². The molecule has 3 unspecified atom stereocenters. The highest BCUT2D eigenvalue weighted by Crippen LogP contribution is 2.48. The molecule has 1 aliphatic rings. The lowest BCUT2D eigenvalue weighted by atomic mass is 9.74. The third-order valence-electron chi connectivity index (χ3n) is 4.21. The van der Waals surface area contributed by atoms with Gasteiger partial charge in [0.05, 0.1) is 5.92 Å². The van der Waals surface area contributed by atoms with Crippen LogP contribution in [0.5, 0.6) is 0 Å². The van der Waals surface area contributed by atoms with Crippen molar-refractivity contribution in [2.24, 2.45) is 11.8 Å². The predicted molar refractivity (Wildman–Crippen MR) is 84.6 cm³/mol. The van der Waals surface area contributed by atoms with Gasteiger partial charge in [-0.3, -0.25) is 0 Å². The van der Waals surface area contributed by atoms with Crippen LogP contribution in [0.2, 0.25) is 0 Å². The van der Waals surface area contributed by atoms with Crippen LogP contribution < -0.4 is 5.32 Å². The summed E-state index contributed by atoms with van der Waals surface area (Å²) < 4.78 is 41.1. The number of hydrogen-bond donors (Lipinski definition) is 1. The van der Waals surface area contributed by atoms with Crippen LogP contribution in [0.4, 0.5) is 13.2 Å². The van der Waals surface area contributed by atoms with Gasteiger partial charge in [0, 0.05) is 15.4 Å². The Morgan fingerprint density at radius 3 is 2.67 bits per heavy atom. The number of rotatable bonds is 5. The number of thiophene rings is 1. The number of halogens is 4. The molecule has 1 aliphatic carbocycles. The standard InChI is InChI=1S/C15H21BrF3NS/c1-2-8-20-13(14-12(16)7-9-21-14)10-5-3-4-6-11(10)15(17,18)19/h7,9-11,13,20H,2-6,8H2,1H3. The average Bonchev–Trinajstić information content (AvgIpc) is 2.85. The Bertz CT molecular complexity index is 446. The third-order valence-corrected chi connectivity index (χ3v) is 6.16. The Balaban J connectivity index is 2.27. The van der Waals surface area contributed by atoms with Gasteiger partial charge in [0.25, 0.3) is 0 Å². The van der Waals surface area contributed by atoms with E-state index in [1.165, 1.54) is 11.3 Å². The lowest BCUT2D eigenvalue weighted by Crippen LogP contribution is -2.40. The summed E-state index contributed by atoms with van der Waals surface area (Å²) in [6, 6.07) is 1.72. The minimum absolute atomic E-state index is 0.203. The molecule has 0 amide bonds. The van der Waals surface area contributed by atoms with Crippen molar-refractivity contribution in [3.8, 4) is 0 Å². The molecule has 120 valence electrons. The van der Waals surface area contributed by atoms with Crippen molar-refractivity contribution in [3.63, 3.8) is 0 Å². The second kappa shape index (κ2) is 7.47. The lowest BCUT2D eigenvalue weighted by molar-refractivity contribution is -0.199. The molecule has 0 radical (unpaired) electrons. The number of hydrogen-bond acceptors (Lipinski definition) is 2. The Hall–Kier alpha value is -0.0700. The first-order valence-electron chi connectivity index (χ1n) is 7.48. The molecule has 0 bridgehead atoms. The van der Waals surface area contributed by atoms with Gasteiger partial charge in [-0.15, -0.1) is 11.3 Å². The maximum atomic E-state index is 13.4. The van der Waals surface area contributed by atoms with Gasteiger partial charge in [-0.2, -0.15) is 13.2 Å². The van der Waals surface area contributed by atoms with Crippen LogP contribution in [0, 0.1) is 11.8 Å². The van der Waals surface area contributed by atoms with E-state index in [4.69, 9.17) is 0 Å². The van der Waals surface area contributed by atoms with Crippen LogP contribution in [0.1, 0.15) is 49.9 Å². The molecule has 1 saturated carbocycles. The zero-order valence-corrected chi connectivity index (χ0v) is 14.5. The van der Waals surface area contributed by atoms with Crippen molar-refractivity contribution in [3.05, 3.63) is 20.8 Å². The Labute approximate surface area is 136 Å². The first kappa shape index (κ1) is 17.3. The SMILES string of the molecule is CCCNC(c1sccc1Br)C1CCCCC1C(F)(F)F. The first-order chi connectivity index (χ1) is 9.95. The molecule has 0 spiro atoms. The topological polar surface area (TPSA) is 12.0 Å². The van der Waals surface area contributed by atoms with E-state index < -0.39 is 12.1 Å². The quantitative estimate of drug-likeness (QED) is 0.665. The number of nitrogens with one attached hydrogen (secondary N) is 1. The molecule has 1 aromatic heterocycles. The van der Waals surface area contributed by atoms with Crippen LogP contribution in [-0.4, -0.2) is 12.7 Å². The minimum atomic E-state index is -4.10. The fraction of sp³-hybridized carbons (Fsp3) is 0.733. The highest BCUT2D eigenvalue weighted by molar-refractivity contribution is 9.10. The first-order valence-corrected chi connectivity index (χ1v) is 9.15. The summed E-state index contributed by atoms with van der Waals surface area (Å²) >= 11 is 5.02. The second-order valence-corrected chi connectivity index (χ2v) is 7.46. The summed E-state index contributed by atoms with van der Waals surface area (Å²) in [5.74, 6) is -1.55. The monoisotopic (exact) mass is 383 g/mol. The van der Waals surface area contributed by atoms with Gasteiger partial charge in [0.15, 0.2) is 0 Å². The van der Waals surface area contributed by atoms with Gasteiger partial charge in [-0.05, 0) is 59.1 Å². The van der Waals surface area contributed by atoms with Gasteiger partial charge in [-0.25, -0.2) is 0 Å². The van der Waals surface area contributed by atoms with Crippen molar-refractivity contribution in [2.75, 3.05) is 6.54 Å². The zero-order chi connectivity index (χ0) is 15.5. The summed E-state index contributed by atoms with van der Waals surface area (Å²) in [6.07, 6.45) is -0.682. The minimum Gasteiger partial charge on any atom is -0.309 e. The molecule has 0 saturated heterocycles.